The number of rotatable bonds is 3. The average molecular weight is 293 g/mol. The van der Waals surface area contributed by atoms with Crippen LogP contribution < -0.4 is 4.74 Å². The number of ether oxygens (including phenoxy) is 1. The van der Waals surface area contributed by atoms with Crippen molar-refractivity contribution >= 4 is 16.9 Å². The number of halogens is 1. The number of aryl methyl sites for hydroxylation is 1. The van der Waals surface area contributed by atoms with Gasteiger partial charge in [-0.05, 0) is 30.0 Å². The summed E-state index contributed by atoms with van der Waals surface area (Å²) in [4.78, 5) is 14.8. The van der Waals surface area contributed by atoms with Gasteiger partial charge in [0.15, 0.2) is 11.6 Å². The number of methoxy groups -OCH3 is 1. The van der Waals surface area contributed by atoms with Crippen molar-refractivity contribution in [3.8, 4) is 5.75 Å². The minimum Gasteiger partial charge on any atom is -0.494 e. The number of hydrogen-bond acceptors (Lipinski definition) is 2. The number of nitrogens with one attached hydrogen (secondary N) is 1. The van der Waals surface area contributed by atoms with Gasteiger partial charge in [0, 0.05) is 16.6 Å². The Balaban J connectivity index is 2.84. The molecule has 21 heavy (non-hydrogen) atoms. The van der Waals surface area contributed by atoms with Crippen LogP contribution in [0.1, 0.15) is 37.9 Å². The molecule has 0 amide bonds. The molecule has 2 N–H and O–H groups in total. The van der Waals surface area contributed by atoms with Crippen LogP contribution in [0.2, 0.25) is 0 Å². The van der Waals surface area contributed by atoms with Crippen molar-refractivity contribution in [2.24, 2.45) is 5.41 Å². The number of aliphatic carboxylic acids is 1. The number of fused-ring (bicyclic) bond motifs is 1. The molecule has 5 heteroatoms. The molecule has 1 aromatic carbocycles. The van der Waals surface area contributed by atoms with E-state index in [4.69, 9.17) is 4.74 Å². The predicted molar refractivity (Wildman–Crippen MR) is 79.4 cm³/mol. The molecule has 0 saturated carbocycles. The average Bonchev–Trinajstić information content (AvgIpc) is 2.65. The zero-order chi connectivity index (χ0) is 15.9. The van der Waals surface area contributed by atoms with E-state index in [1.807, 2.05) is 20.8 Å². The van der Waals surface area contributed by atoms with E-state index in [2.05, 4.69) is 4.98 Å². The molecule has 1 atom stereocenters. The molecule has 4 nitrogen and oxygen atoms in total. The van der Waals surface area contributed by atoms with Crippen LogP contribution in [0.3, 0.4) is 0 Å². The highest BCUT2D eigenvalue weighted by atomic mass is 19.1. The molecule has 114 valence electrons. The van der Waals surface area contributed by atoms with Crippen LogP contribution in [-0.4, -0.2) is 23.2 Å². The second kappa shape index (κ2) is 5.06. The van der Waals surface area contributed by atoms with Crippen LogP contribution in [0.4, 0.5) is 4.39 Å². The fourth-order valence-electron chi connectivity index (χ4n) is 2.83. The monoisotopic (exact) mass is 293 g/mol. The minimum absolute atomic E-state index is 0.112. The van der Waals surface area contributed by atoms with Crippen molar-refractivity contribution in [1.82, 2.24) is 4.98 Å². The highest BCUT2D eigenvalue weighted by Gasteiger charge is 2.37. The first-order chi connectivity index (χ1) is 9.68. The molecular formula is C16H20FNO3. The maximum atomic E-state index is 14.6. The Hall–Kier alpha value is -2.04. The van der Waals surface area contributed by atoms with Crippen LogP contribution in [-0.2, 0) is 4.79 Å². The summed E-state index contributed by atoms with van der Waals surface area (Å²) in [5.41, 5.74) is 1.19. The zero-order valence-corrected chi connectivity index (χ0v) is 12.9. The SMILES string of the molecule is COc1ccc2[nH]c(C)c(C(C(=O)O)C(C)(C)C)c2c1F. The standard InChI is InChI=1S/C16H20FNO3/c1-8-11(13(15(19)20)16(2,3)4)12-9(18-8)6-7-10(21-5)14(12)17/h6-7,13,18H,1-5H3,(H,19,20). The lowest BCUT2D eigenvalue weighted by atomic mass is 9.75. The minimum atomic E-state index is -0.964. The lowest BCUT2D eigenvalue weighted by Gasteiger charge is -2.27. The second-order valence-electron chi connectivity index (χ2n) is 6.31. The quantitative estimate of drug-likeness (QED) is 0.903. The van der Waals surface area contributed by atoms with Crippen LogP contribution in [0.25, 0.3) is 10.9 Å². The normalized spacial score (nSPS) is 13.4. The van der Waals surface area contributed by atoms with E-state index in [0.717, 1.165) is 0 Å². The van der Waals surface area contributed by atoms with E-state index in [-0.39, 0.29) is 5.75 Å². The lowest BCUT2D eigenvalue weighted by molar-refractivity contribution is -0.141. The van der Waals surface area contributed by atoms with Crippen LogP contribution in [0.15, 0.2) is 12.1 Å². The summed E-state index contributed by atoms with van der Waals surface area (Å²) in [5.74, 6) is -2.19. The van der Waals surface area contributed by atoms with Gasteiger partial charge in [-0.15, -0.1) is 0 Å². The number of carboxylic acids is 1. The highest BCUT2D eigenvalue weighted by molar-refractivity contribution is 5.92. The Labute approximate surface area is 122 Å². The van der Waals surface area contributed by atoms with Crippen molar-refractivity contribution < 1.29 is 19.0 Å². The summed E-state index contributed by atoms with van der Waals surface area (Å²) in [6, 6.07) is 3.24. The molecule has 0 saturated heterocycles. The molecule has 0 aliphatic heterocycles. The van der Waals surface area contributed by atoms with E-state index in [1.165, 1.54) is 13.2 Å². The number of H-pyrrole nitrogens is 1. The van der Waals surface area contributed by atoms with Crippen LogP contribution >= 0.6 is 0 Å². The molecule has 0 radical (unpaired) electrons. The Bertz CT molecular complexity index is 698. The van der Waals surface area contributed by atoms with Crippen molar-refractivity contribution in [2.45, 2.75) is 33.6 Å². The Kier molecular flexibility index (Phi) is 3.70. The second-order valence-corrected chi connectivity index (χ2v) is 6.31. The first-order valence-electron chi connectivity index (χ1n) is 6.76. The molecule has 1 heterocycles. The summed E-state index contributed by atoms with van der Waals surface area (Å²) in [6.45, 7) is 7.27. The third-order valence-corrected chi connectivity index (χ3v) is 3.72. The molecule has 0 spiro atoms. The molecule has 1 unspecified atom stereocenters. The predicted octanol–water partition coefficient (Wildman–Crippen LogP) is 3.84. The Morgan fingerprint density at radius 1 is 1.38 bits per heavy atom. The van der Waals surface area contributed by atoms with Gasteiger partial charge in [-0.25, -0.2) is 4.39 Å². The summed E-state index contributed by atoms with van der Waals surface area (Å²) in [7, 11) is 1.39. The van der Waals surface area contributed by atoms with Gasteiger partial charge in [0.25, 0.3) is 0 Å². The first kappa shape index (κ1) is 15.4. The molecule has 0 bridgehead atoms. The molecule has 0 aliphatic rings. The number of hydrogen-bond donors (Lipinski definition) is 2. The van der Waals surface area contributed by atoms with Crippen molar-refractivity contribution in [2.75, 3.05) is 7.11 Å². The summed E-state index contributed by atoms with van der Waals surface area (Å²) >= 11 is 0. The first-order valence-corrected chi connectivity index (χ1v) is 6.76. The van der Waals surface area contributed by atoms with Gasteiger partial charge in [0.2, 0.25) is 0 Å². The molecule has 0 fully saturated rings. The third kappa shape index (κ3) is 2.48. The van der Waals surface area contributed by atoms with E-state index in [9.17, 15) is 14.3 Å². The van der Waals surface area contributed by atoms with Crippen LogP contribution in [0, 0.1) is 18.2 Å². The number of carboxylic acid groups (broad SMARTS) is 1. The molecular weight excluding hydrogens is 273 g/mol. The Morgan fingerprint density at radius 2 is 2.00 bits per heavy atom. The molecule has 1 aromatic heterocycles. The van der Waals surface area contributed by atoms with Gasteiger partial charge in [0.05, 0.1) is 13.0 Å². The topological polar surface area (TPSA) is 62.3 Å². The molecule has 2 aromatic rings. The van der Waals surface area contributed by atoms with Gasteiger partial charge in [-0.3, -0.25) is 4.79 Å². The van der Waals surface area contributed by atoms with Crippen LogP contribution in [0.5, 0.6) is 5.75 Å². The van der Waals surface area contributed by atoms with Gasteiger partial charge in [0.1, 0.15) is 0 Å². The maximum absolute atomic E-state index is 14.6. The van der Waals surface area contributed by atoms with Crippen molar-refractivity contribution in [1.29, 1.82) is 0 Å². The van der Waals surface area contributed by atoms with E-state index in [0.29, 0.717) is 22.2 Å². The van der Waals surface area contributed by atoms with Gasteiger partial charge < -0.3 is 14.8 Å². The summed E-state index contributed by atoms with van der Waals surface area (Å²) in [6.07, 6.45) is 0. The summed E-state index contributed by atoms with van der Waals surface area (Å²) in [5, 5.41) is 9.91. The van der Waals surface area contributed by atoms with Gasteiger partial charge >= 0.3 is 5.97 Å². The number of benzene rings is 1. The smallest absolute Gasteiger partial charge is 0.311 e. The fourth-order valence-corrected chi connectivity index (χ4v) is 2.83. The molecule has 0 aliphatic carbocycles. The largest absolute Gasteiger partial charge is 0.494 e. The van der Waals surface area contributed by atoms with Gasteiger partial charge in [-0.2, -0.15) is 0 Å². The summed E-state index contributed by atoms with van der Waals surface area (Å²) < 4.78 is 19.6. The number of carbonyl (C=O) groups is 1. The number of aromatic amines is 1. The number of aromatic nitrogens is 1. The van der Waals surface area contributed by atoms with E-state index < -0.39 is 23.1 Å². The molecule has 2 rings (SSSR count). The van der Waals surface area contributed by atoms with Gasteiger partial charge in [-0.1, -0.05) is 20.8 Å². The van der Waals surface area contributed by atoms with E-state index >= 15 is 0 Å². The third-order valence-electron chi connectivity index (χ3n) is 3.72. The Morgan fingerprint density at radius 3 is 2.48 bits per heavy atom. The maximum Gasteiger partial charge on any atom is 0.311 e. The lowest BCUT2D eigenvalue weighted by Crippen LogP contribution is -2.26. The zero-order valence-electron chi connectivity index (χ0n) is 12.9. The highest BCUT2D eigenvalue weighted by Crippen LogP contribution is 2.42. The van der Waals surface area contributed by atoms with Crippen molar-refractivity contribution in [3.63, 3.8) is 0 Å². The van der Waals surface area contributed by atoms with E-state index in [1.54, 1.807) is 13.0 Å². The fraction of sp³-hybridized carbons (Fsp3) is 0.438. The van der Waals surface area contributed by atoms with Crippen molar-refractivity contribution in [3.05, 3.63) is 29.2 Å².